The maximum Gasteiger partial charge on any atom is 0.0464 e. The van der Waals surface area contributed by atoms with E-state index in [1.807, 2.05) is 0 Å². The first-order valence-electron chi connectivity index (χ1n) is 7.29. The van der Waals surface area contributed by atoms with Crippen molar-refractivity contribution >= 4 is 0 Å². The highest BCUT2D eigenvalue weighted by atomic mass is 15.3. The third-order valence-corrected chi connectivity index (χ3v) is 5.03. The molecule has 1 saturated heterocycles. The van der Waals surface area contributed by atoms with Crippen molar-refractivity contribution in [3.05, 3.63) is 0 Å². The van der Waals surface area contributed by atoms with Gasteiger partial charge in [-0.25, -0.2) is 0 Å². The quantitative estimate of drug-likeness (QED) is 0.761. The second-order valence-corrected chi connectivity index (χ2v) is 6.19. The van der Waals surface area contributed by atoms with Crippen LogP contribution in [-0.4, -0.2) is 55.1 Å². The van der Waals surface area contributed by atoms with Gasteiger partial charge in [0.2, 0.25) is 0 Å². The molecule has 1 aliphatic carbocycles. The molecule has 1 atom stereocenters. The fourth-order valence-corrected chi connectivity index (χ4v) is 3.54. The Hall–Kier alpha value is -0.120. The van der Waals surface area contributed by atoms with Crippen LogP contribution in [0.15, 0.2) is 0 Å². The van der Waals surface area contributed by atoms with Crippen molar-refractivity contribution in [2.75, 3.05) is 33.7 Å². The highest BCUT2D eigenvalue weighted by Gasteiger charge is 2.40. The van der Waals surface area contributed by atoms with Gasteiger partial charge in [-0.2, -0.15) is 0 Å². The Kier molecular flexibility index (Phi) is 4.45. The molecule has 1 saturated carbocycles. The summed E-state index contributed by atoms with van der Waals surface area (Å²) in [5.41, 5.74) is 6.27. The minimum Gasteiger partial charge on any atom is -0.329 e. The van der Waals surface area contributed by atoms with Crippen LogP contribution in [0, 0.1) is 0 Å². The van der Waals surface area contributed by atoms with Crippen molar-refractivity contribution in [1.29, 1.82) is 0 Å². The van der Waals surface area contributed by atoms with Gasteiger partial charge in [-0.1, -0.05) is 25.7 Å². The van der Waals surface area contributed by atoms with Gasteiger partial charge in [0.05, 0.1) is 0 Å². The Morgan fingerprint density at radius 3 is 2.29 bits per heavy atom. The van der Waals surface area contributed by atoms with Gasteiger partial charge in [0.15, 0.2) is 0 Å². The summed E-state index contributed by atoms with van der Waals surface area (Å²) in [5.74, 6) is 0. The molecule has 2 N–H and O–H groups in total. The molecule has 0 aromatic heterocycles. The van der Waals surface area contributed by atoms with Crippen molar-refractivity contribution in [2.45, 2.75) is 56.5 Å². The molecule has 0 radical (unpaired) electrons. The third-order valence-electron chi connectivity index (χ3n) is 5.03. The molecule has 3 heteroatoms. The molecule has 2 rings (SSSR count). The Labute approximate surface area is 106 Å². The highest BCUT2D eigenvalue weighted by Crippen LogP contribution is 2.31. The van der Waals surface area contributed by atoms with Crippen LogP contribution in [0.1, 0.15) is 44.9 Å². The van der Waals surface area contributed by atoms with Crippen molar-refractivity contribution in [3.8, 4) is 0 Å². The van der Waals surface area contributed by atoms with E-state index >= 15 is 0 Å². The zero-order valence-corrected chi connectivity index (χ0v) is 11.6. The fraction of sp³-hybridized carbons (Fsp3) is 1.00. The topological polar surface area (TPSA) is 32.5 Å². The molecule has 0 bridgehead atoms. The predicted molar refractivity (Wildman–Crippen MR) is 73.2 cm³/mol. The molecule has 0 aromatic carbocycles. The van der Waals surface area contributed by atoms with E-state index in [4.69, 9.17) is 5.73 Å². The van der Waals surface area contributed by atoms with Crippen molar-refractivity contribution in [1.82, 2.24) is 9.80 Å². The van der Waals surface area contributed by atoms with Crippen LogP contribution < -0.4 is 5.73 Å². The second kappa shape index (κ2) is 5.68. The average molecular weight is 239 g/mol. The van der Waals surface area contributed by atoms with Crippen LogP contribution in [0.25, 0.3) is 0 Å². The Morgan fingerprint density at radius 1 is 1.18 bits per heavy atom. The van der Waals surface area contributed by atoms with Gasteiger partial charge < -0.3 is 10.6 Å². The van der Waals surface area contributed by atoms with Gasteiger partial charge in [-0.15, -0.1) is 0 Å². The van der Waals surface area contributed by atoms with E-state index < -0.39 is 0 Å². The van der Waals surface area contributed by atoms with E-state index in [-0.39, 0.29) is 5.54 Å². The molecular weight excluding hydrogens is 210 g/mol. The van der Waals surface area contributed by atoms with Crippen LogP contribution >= 0.6 is 0 Å². The molecule has 2 aliphatic rings. The van der Waals surface area contributed by atoms with Gasteiger partial charge in [-0.05, 0) is 33.4 Å². The summed E-state index contributed by atoms with van der Waals surface area (Å²) in [4.78, 5) is 5.07. The minimum absolute atomic E-state index is 0.242. The summed E-state index contributed by atoms with van der Waals surface area (Å²) in [6.07, 6.45) is 9.81. The van der Waals surface area contributed by atoms with Crippen LogP contribution in [0.4, 0.5) is 0 Å². The molecule has 1 unspecified atom stereocenters. The van der Waals surface area contributed by atoms with Gasteiger partial charge >= 0.3 is 0 Å². The van der Waals surface area contributed by atoms with Crippen molar-refractivity contribution < 1.29 is 0 Å². The lowest BCUT2D eigenvalue weighted by Gasteiger charge is -2.36. The lowest BCUT2D eigenvalue weighted by molar-refractivity contribution is 0.139. The van der Waals surface area contributed by atoms with E-state index in [0.717, 1.165) is 12.6 Å². The standard InChI is InChI=1S/C14H29N3/c1-16(2)14(11-15)9-10-17(12-14)13-7-5-3-4-6-8-13/h13H,3-12,15H2,1-2H3. The fourth-order valence-electron chi connectivity index (χ4n) is 3.54. The molecule has 17 heavy (non-hydrogen) atoms. The summed E-state index contributed by atoms with van der Waals surface area (Å²) in [6, 6.07) is 0.839. The van der Waals surface area contributed by atoms with E-state index in [9.17, 15) is 0 Å². The van der Waals surface area contributed by atoms with E-state index in [1.54, 1.807) is 0 Å². The second-order valence-electron chi connectivity index (χ2n) is 6.19. The highest BCUT2D eigenvalue weighted by molar-refractivity contribution is 4.99. The number of rotatable bonds is 3. The molecule has 1 heterocycles. The first-order valence-corrected chi connectivity index (χ1v) is 7.29. The average Bonchev–Trinajstić information content (AvgIpc) is 2.59. The lowest BCUT2D eigenvalue weighted by Crippen LogP contribution is -2.53. The summed E-state index contributed by atoms with van der Waals surface area (Å²) in [6.45, 7) is 3.23. The van der Waals surface area contributed by atoms with E-state index in [2.05, 4.69) is 23.9 Å². The summed E-state index contributed by atoms with van der Waals surface area (Å²) in [5, 5.41) is 0. The number of likely N-dealkylation sites (tertiary alicyclic amines) is 1. The maximum absolute atomic E-state index is 6.02. The monoisotopic (exact) mass is 239 g/mol. The molecule has 100 valence electrons. The Balaban J connectivity index is 1.95. The first kappa shape index (κ1) is 13.3. The molecule has 1 aliphatic heterocycles. The number of nitrogens with zero attached hydrogens (tertiary/aromatic N) is 2. The summed E-state index contributed by atoms with van der Waals surface area (Å²) >= 11 is 0. The molecule has 2 fully saturated rings. The van der Waals surface area contributed by atoms with Crippen molar-refractivity contribution in [2.24, 2.45) is 5.73 Å². The first-order chi connectivity index (χ1) is 8.18. The Bertz CT molecular complexity index is 234. The van der Waals surface area contributed by atoms with Gasteiger partial charge in [0, 0.05) is 31.2 Å². The third kappa shape index (κ3) is 2.83. The normalized spacial score (nSPS) is 33.2. The van der Waals surface area contributed by atoms with Crippen LogP contribution in [0.5, 0.6) is 0 Å². The smallest absolute Gasteiger partial charge is 0.0464 e. The predicted octanol–water partition coefficient (Wildman–Crippen LogP) is 1.67. The molecular formula is C14H29N3. The molecule has 3 nitrogen and oxygen atoms in total. The summed E-state index contributed by atoms with van der Waals surface area (Å²) < 4.78 is 0. The van der Waals surface area contributed by atoms with Crippen LogP contribution in [-0.2, 0) is 0 Å². The number of hydrogen-bond donors (Lipinski definition) is 1. The SMILES string of the molecule is CN(C)C1(CN)CCN(C2CCCCCC2)C1. The van der Waals surface area contributed by atoms with E-state index in [0.29, 0.717) is 0 Å². The van der Waals surface area contributed by atoms with Gasteiger partial charge in [-0.3, -0.25) is 4.90 Å². The van der Waals surface area contributed by atoms with Crippen molar-refractivity contribution in [3.63, 3.8) is 0 Å². The minimum atomic E-state index is 0.242. The number of likely N-dealkylation sites (N-methyl/N-ethyl adjacent to an activating group) is 1. The zero-order chi connectivity index (χ0) is 12.3. The largest absolute Gasteiger partial charge is 0.329 e. The zero-order valence-electron chi connectivity index (χ0n) is 11.6. The Morgan fingerprint density at radius 2 is 1.82 bits per heavy atom. The van der Waals surface area contributed by atoms with Gasteiger partial charge in [0.1, 0.15) is 0 Å². The number of nitrogens with two attached hydrogens (primary N) is 1. The van der Waals surface area contributed by atoms with Gasteiger partial charge in [0.25, 0.3) is 0 Å². The maximum atomic E-state index is 6.02. The van der Waals surface area contributed by atoms with Crippen LogP contribution in [0.3, 0.4) is 0 Å². The lowest BCUT2D eigenvalue weighted by atomic mass is 9.97. The molecule has 0 amide bonds. The van der Waals surface area contributed by atoms with Crippen LogP contribution in [0.2, 0.25) is 0 Å². The summed E-state index contributed by atoms with van der Waals surface area (Å²) in [7, 11) is 4.37. The number of hydrogen-bond acceptors (Lipinski definition) is 3. The molecule has 0 spiro atoms. The van der Waals surface area contributed by atoms with E-state index in [1.165, 1.54) is 58.0 Å². The molecule has 0 aromatic rings.